The van der Waals surface area contributed by atoms with Crippen LogP contribution < -0.4 is 0 Å². The van der Waals surface area contributed by atoms with E-state index in [2.05, 4.69) is 243 Å². The van der Waals surface area contributed by atoms with Crippen molar-refractivity contribution in [3.8, 4) is 55.6 Å². The van der Waals surface area contributed by atoms with Crippen molar-refractivity contribution >= 4 is 39.2 Å². The first-order valence-corrected chi connectivity index (χ1v) is 23.8. The number of furan rings is 1. The molecule has 0 bridgehead atoms. The first kappa shape index (κ1) is 39.3. The number of hydrogen-bond donors (Lipinski definition) is 0. The number of nitrogens with zero attached hydrogens (tertiary/aromatic N) is 2. The number of aliphatic imine (C=N–C) groups is 2. The molecule has 1 spiro atoms. The zero-order valence-corrected chi connectivity index (χ0v) is 37.6. The molecule has 10 aromatic carbocycles. The van der Waals surface area contributed by atoms with Crippen LogP contribution in [0.5, 0.6) is 0 Å². The second-order valence-corrected chi connectivity index (χ2v) is 18.3. The Morgan fingerprint density at radius 1 is 0.348 bits per heavy atom. The second kappa shape index (κ2) is 15.6. The summed E-state index contributed by atoms with van der Waals surface area (Å²) in [5.74, 6) is 0.651. The third-order valence-corrected chi connectivity index (χ3v) is 14.6. The minimum absolute atomic E-state index is 0.422. The molecule has 1 aliphatic heterocycles. The number of rotatable bonds is 6. The van der Waals surface area contributed by atoms with Gasteiger partial charge in [-0.15, -0.1) is 0 Å². The fraction of sp³-hybridized carbons (Fsp3) is 0.0303. The van der Waals surface area contributed by atoms with Gasteiger partial charge in [-0.3, -0.25) is 0 Å². The third-order valence-electron chi connectivity index (χ3n) is 14.6. The van der Waals surface area contributed by atoms with Gasteiger partial charge < -0.3 is 4.42 Å². The molecule has 322 valence electrons. The van der Waals surface area contributed by atoms with Gasteiger partial charge in [-0.05, 0) is 114 Å². The summed E-state index contributed by atoms with van der Waals surface area (Å²) in [5.41, 5.74) is 23.5. The van der Waals surface area contributed by atoms with Gasteiger partial charge in [0.25, 0.3) is 0 Å². The van der Waals surface area contributed by atoms with Crippen LogP contribution >= 0.6 is 0 Å². The summed E-state index contributed by atoms with van der Waals surface area (Å²) >= 11 is 0. The molecule has 3 nitrogen and oxygen atoms in total. The molecular formula is C66H42N2O. The second-order valence-electron chi connectivity index (χ2n) is 18.3. The minimum atomic E-state index is -0.422. The van der Waals surface area contributed by atoms with Crippen molar-refractivity contribution in [1.82, 2.24) is 0 Å². The molecule has 1 aromatic heterocycles. The van der Waals surface area contributed by atoms with Gasteiger partial charge in [0.1, 0.15) is 11.2 Å². The lowest BCUT2D eigenvalue weighted by Gasteiger charge is -2.30. The number of benzene rings is 10. The largest absolute Gasteiger partial charge is 0.456 e. The van der Waals surface area contributed by atoms with Gasteiger partial charge in [0.05, 0.1) is 16.8 Å². The van der Waals surface area contributed by atoms with Crippen LogP contribution in [-0.2, 0) is 5.41 Å². The highest BCUT2D eigenvalue weighted by Crippen LogP contribution is 2.64. The Hall–Kier alpha value is -8.92. The molecule has 0 unspecified atom stereocenters. The summed E-state index contributed by atoms with van der Waals surface area (Å²) in [6.07, 6.45) is 2.85. The lowest BCUT2D eigenvalue weighted by molar-refractivity contribution is 0.669. The van der Waals surface area contributed by atoms with Gasteiger partial charge in [-0.25, -0.2) is 9.98 Å². The van der Waals surface area contributed by atoms with Crippen LogP contribution in [0.2, 0.25) is 0 Å². The standard InChI is InChI=1S/C66H42N2O/c1-3-17-42(18-4-1)44-21-13-23-47(39-44)59-36-37-60(48-24-14-22-45(40-48)43-19-5-2-6-20-43)68-65(67-59)53-29-16-34-62-64(53)54-41-46(35-38-61(54)69-62)49-28-15-33-58-63(49)52-27-9-12-32-57(52)66(58)55-30-10-7-25-50(55)51-26-8-11-31-56(51)66/h1-36,38-41H,37H2. The number of allylic oxidation sites excluding steroid dienone is 1. The lowest BCUT2D eigenvalue weighted by Crippen LogP contribution is -2.25. The molecular weight excluding hydrogens is 837 g/mol. The first-order valence-electron chi connectivity index (χ1n) is 23.8. The molecule has 3 heteroatoms. The summed E-state index contributed by atoms with van der Waals surface area (Å²) in [6.45, 7) is 0. The zero-order valence-electron chi connectivity index (χ0n) is 37.6. The average molecular weight is 879 g/mol. The van der Waals surface area contributed by atoms with Gasteiger partial charge >= 0.3 is 0 Å². The maximum atomic E-state index is 6.74. The van der Waals surface area contributed by atoms with Crippen molar-refractivity contribution in [3.05, 3.63) is 282 Å². The van der Waals surface area contributed by atoms with Crippen molar-refractivity contribution in [2.45, 2.75) is 11.8 Å². The normalized spacial score (nSPS) is 14.1. The zero-order chi connectivity index (χ0) is 45.5. The SMILES string of the molecule is C1=C(c2cccc(-c3ccccc3)c2)N=C(c2cccc3oc4ccc(-c5cccc6c5-c5ccccc5C65c6ccccc6-c6ccccc65)cc4c23)N=C(c2cccc(-c3ccccc3)c2)C1. The Morgan fingerprint density at radius 3 is 1.58 bits per heavy atom. The van der Waals surface area contributed by atoms with Gasteiger partial charge in [0.2, 0.25) is 0 Å². The Morgan fingerprint density at radius 2 is 0.870 bits per heavy atom. The molecule has 0 amide bonds. The highest BCUT2D eigenvalue weighted by atomic mass is 16.3. The molecule has 14 rings (SSSR count). The summed E-state index contributed by atoms with van der Waals surface area (Å²) < 4.78 is 6.74. The van der Waals surface area contributed by atoms with E-state index in [4.69, 9.17) is 14.4 Å². The van der Waals surface area contributed by atoms with Crippen LogP contribution in [0.3, 0.4) is 0 Å². The fourth-order valence-corrected chi connectivity index (χ4v) is 11.6. The molecule has 69 heavy (non-hydrogen) atoms. The van der Waals surface area contributed by atoms with Crippen LogP contribution in [-0.4, -0.2) is 11.5 Å². The topological polar surface area (TPSA) is 37.9 Å². The Bertz CT molecular complexity index is 3940. The summed E-state index contributed by atoms with van der Waals surface area (Å²) in [4.78, 5) is 11.1. The quantitative estimate of drug-likeness (QED) is 0.164. The smallest absolute Gasteiger partial charge is 0.160 e. The summed E-state index contributed by atoms with van der Waals surface area (Å²) in [6, 6.07) is 85.4. The number of hydrogen-bond acceptors (Lipinski definition) is 3. The van der Waals surface area contributed by atoms with E-state index < -0.39 is 5.41 Å². The van der Waals surface area contributed by atoms with E-state index in [1.54, 1.807) is 0 Å². The summed E-state index contributed by atoms with van der Waals surface area (Å²) in [7, 11) is 0. The fourth-order valence-electron chi connectivity index (χ4n) is 11.6. The Balaban J connectivity index is 0.958. The van der Waals surface area contributed by atoms with Crippen molar-refractivity contribution in [3.63, 3.8) is 0 Å². The van der Waals surface area contributed by atoms with Crippen LogP contribution in [0.15, 0.2) is 257 Å². The minimum Gasteiger partial charge on any atom is -0.456 e. The molecule has 3 aliphatic rings. The van der Waals surface area contributed by atoms with Gasteiger partial charge in [-0.2, -0.15) is 0 Å². The average Bonchev–Trinajstić information content (AvgIpc) is 3.98. The maximum Gasteiger partial charge on any atom is 0.160 e. The van der Waals surface area contributed by atoms with E-state index in [9.17, 15) is 0 Å². The summed E-state index contributed by atoms with van der Waals surface area (Å²) in [5, 5.41) is 2.02. The van der Waals surface area contributed by atoms with Crippen LogP contribution in [0.1, 0.15) is 45.4 Å². The lowest BCUT2D eigenvalue weighted by atomic mass is 9.70. The van der Waals surface area contributed by atoms with Gasteiger partial charge in [-0.1, -0.05) is 212 Å². The molecule has 2 aliphatic carbocycles. The van der Waals surface area contributed by atoms with E-state index in [1.807, 2.05) is 0 Å². The first-order chi connectivity index (χ1) is 34.2. The predicted molar refractivity (Wildman–Crippen MR) is 285 cm³/mol. The van der Waals surface area contributed by atoms with E-state index in [0.29, 0.717) is 12.3 Å². The molecule has 0 N–H and O–H groups in total. The van der Waals surface area contributed by atoms with Crippen molar-refractivity contribution in [2.24, 2.45) is 9.98 Å². The van der Waals surface area contributed by atoms with Crippen LogP contribution in [0.4, 0.5) is 0 Å². The predicted octanol–water partition coefficient (Wildman–Crippen LogP) is 16.6. The number of fused-ring (bicyclic) bond motifs is 13. The molecule has 0 atom stereocenters. The molecule has 0 saturated carbocycles. The van der Waals surface area contributed by atoms with E-state index >= 15 is 0 Å². The maximum absolute atomic E-state index is 6.74. The van der Waals surface area contributed by atoms with E-state index in [1.165, 1.54) is 61.2 Å². The molecule has 2 heterocycles. The highest BCUT2D eigenvalue weighted by Gasteiger charge is 2.52. The molecule has 0 saturated heterocycles. The van der Waals surface area contributed by atoms with Crippen molar-refractivity contribution in [1.29, 1.82) is 0 Å². The monoisotopic (exact) mass is 878 g/mol. The third kappa shape index (κ3) is 6.07. The molecule has 11 aromatic rings. The van der Waals surface area contributed by atoms with Crippen molar-refractivity contribution in [2.75, 3.05) is 0 Å². The van der Waals surface area contributed by atoms with Crippen molar-refractivity contribution < 1.29 is 4.42 Å². The van der Waals surface area contributed by atoms with E-state index in [-0.39, 0.29) is 0 Å². The highest BCUT2D eigenvalue weighted by molar-refractivity contribution is 6.23. The van der Waals surface area contributed by atoms with Gasteiger partial charge in [0, 0.05) is 28.3 Å². The van der Waals surface area contributed by atoms with Crippen LogP contribution in [0.25, 0.3) is 83.3 Å². The van der Waals surface area contributed by atoms with Gasteiger partial charge in [0.15, 0.2) is 5.84 Å². The Labute approximate surface area is 400 Å². The molecule has 0 fully saturated rings. The van der Waals surface area contributed by atoms with Crippen LogP contribution in [0, 0.1) is 0 Å². The Kier molecular flexibility index (Phi) is 8.87. The number of amidine groups is 1. The molecule has 0 radical (unpaired) electrons. The van der Waals surface area contributed by atoms with E-state index in [0.717, 1.165) is 66.7 Å².